The van der Waals surface area contributed by atoms with Crippen molar-refractivity contribution in [2.75, 3.05) is 5.32 Å². The number of halogens is 2. The molecule has 20 heavy (non-hydrogen) atoms. The second-order valence-corrected chi connectivity index (χ2v) is 7.50. The predicted molar refractivity (Wildman–Crippen MR) is 93.4 cm³/mol. The van der Waals surface area contributed by atoms with Crippen molar-refractivity contribution >= 4 is 39.9 Å². The van der Waals surface area contributed by atoms with Gasteiger partial charge in [-0.25, -0.2) is 0 Å². The van der Waals surface area contributed by atoms with Crippen molar-refractivity contribution < 1.29 is 0 Å². The Hall–Kier alpha value is -0.750. The highest BCUT2D eigenvalue weighted by Gasteiger charge is 2.21. The summed E-state index contributed by atoms with van der Waals surface area (Å²) in [7, 11) is 1.96. The molecule has 0 aliphatic rings. The van der Waals surface area contributed by atoms with Crippen molar-refractivity contribution in [1.82, 2.24) is 9.78 Å². The van der Waals surface area contributed by atoms with E-state index in [2.05, 4.69) is 60.0 Å². The van der Waals surface area contributed by atoms with Gasteiger partial charge in [0.25, 0.3) is 0 Å². The van der Waals surface area contributed by atoms with Crippen LogP contribution in [-0.4, -0.2) is 9.78 Å². The van der Waals surface area contributed by atoms with Gasteiger partial charge >= 0.3 is 0 Å². The Morgan fingerprint density at radius 2 is 2.05 bits per heavy atom. The number of anilines is 1. The van der Waals surface area contributed by atoms with Gasteiger partial charge < -0.3 is 5.32 Å². The molecule has 3 nitrogen and oxygen atoms in total. The van der Waals surface area contributed by atoms with E-state index < -0.39 is 0 Å². The van der Waals surface area contributed by atoms with Gasteiger partial charge in [0.05, 0.1) is 5.69 Å². The van der Waals surface area contributed by atoms with Gasteiger partial charge in [0.15, 0.2) is 0 Å². The summed E-state index contributed by atoms with van der Waals surface area (Å²) in [5.74, 6) is 0. The van der Waals surface area contributed by atoms with Crippen LogP contribution < -0.4 is 5.32 Å². The largest absolute Gasteiger partial charge is 0.380 e. The Kier molecular flexibility index (Phi) is 4.64. The first-order valence-corrected chi connectivity index (χ1v) is 7.95. The van der Waals surface area contributed by atoms with Crippen molar-refractivity contribution in [2.45, 2.75) is 32.7 Å². The minimum absolute atomic E-state index is 0.0470. The lowest BCUT2D eigenvalue weighted by molar-refractivity contribution is 0.549. The van der Waals surface area contributed by atoms with Crippen LogP contribution in [0.2, 0.25) is 5.02 Å². The normalized spacial score (nSPS) is 11.7. The lowest BCUT2D eigenvalue weighted by Gasteiger charge is -2.18. The smallest absolute Gasteiger partial charge is 0.0727 e. The van der Waals surface area contributed by atoms with E-state index >= 15 is 0 Å². The second-order valence-electron chi connectivity index (χ2n) is 5.90. The van der Waals surface area contributed by atoms with Crippen LogP contribution in [0.4, 0.5) is 5.69 Å². The predicted octanol–water partition coefficient (Wildman–Crippen LogP) is 4.59. The Bertz CT molecular complexity index is 614. The van der Waals surface area contributed by atoms with E-state index in [0.29, 0.717) is 0 Å². The summed E-state index contributed by atoms with van der Waals surface area (Å²) >= 11 is 8.27. The van der Waals surface area contributed by atoms with Crippen molar-refractivity contribution in [2.24, 2.45) is 7.05 Å². The molecular weight excluding hydrogens is 385 g/mol. The summed E-state index contributed by atoms with van der Waals surface area (Å²) in [6, 6.07) is 5.87. The van der Waals surface area contributed by atoms with E-state index in [0.717, 1.165) is 26.5 Å². The zero-order valence-electron chi connectivity index (χ0n) is 12.2. The molecule has 0 unspecified atom stereocenters. The summed E-state index contributed by atoms with van der Waals surface area (Å²) in [5.41, 5.74) is 3.51. The zero-order valence-corrected chi connectivity index (χ0v) is 15.1. The molecule has 0 fully saturated rings. The van der Waals surface area contributed by atoms with Crippen LogP contribution in [0.25, 0.3) is 0 Å². The molecule has 0 saturated heterocycles. The molecule has 2 aromatic rings. The number of rotatable bonds is 3. The number of nitrogens with zero attached hydrogens (tertiary/aromatic N) is 2. The molecule has 0 aliphatic carbocycles. The minimum Gasteiger partial charge on any atom is -0.380 e. The van der Waals surface area contributed by atoms with Crippen LogP contribution in [0, 0.1) is 3.57 Å². The first-order chi connectivity index (χ1) is 9.27. The van der Waals surface area contributed by atoms with Crippen molar-refractivity contribution in [3.05, 3.63) is 44.2 Å². The molecule has 2 rings (SSSR count). The van der Waals surface area contributed by atoms with Crippen molar-refractivity contribution in [3.8, 4) is 0 Å². The van der Waals surface area contributed by atoms with Crippen LogP contribution in [0.3, 0.4) is 0 Å². The number of aromatic nitrogens is 2. The molecule has 0 aliphatic heterocycles. The summed E-state index contributed by atoms with van der Waals surface area (Å²) in [4.78, 5) is 0. The zero-order chi connectivity index (χ0) is 14.9. The van der Waals surface area contributed by atoms with Gasteiger partial charge in [0, 0.05) is 45.0 Å². The molecule has 0 bridgehead atoms. The van der Waals surface area contributed by atoms with Crippen LogP contribution in [0.15, 0.2) is 24.4 Å². The van der Waals surface area contributed by atoms with E-state index in [1.807, 2.05) is 29.9 Å². The van der Waals surface area contributed by atoms with Crippen molar-refractivity contribution in [1.29, 1.82) is 0 Å². The highest BCUT2D eigenvalue weighted by molar-refractivity contribution is 14.1. The standard InChI is InChI=1S/C15H19ClIN3/c1-15(2,3)14-10(9-20(4)19-14)8-18-13-6-5-11(16)7-12(13)17/h5-7,9,18H,8H2,1-4H3. The molecule has 1 aromatic heterocycles. The lowest BCUT2D eigenvalue weighted by Crippen LogP contribution is -2.16. The number of hydrogen-bond acceptors (Lipinski definition) is 2. The molecule has 0 amide bonds. The average Bonchev–Trinajstić information content (AvgIpc) is 2.69. The fraction of sp³-hybridized carbons (Fsp3) is 0.400. The molecule has 0 atom stereocenters. The maximum atomic E-state index is 5.98. The lowest BCUT2D eigenvalue weighted by atomic mass is 9.89. The monoisotopic (exact) mass is 403 g/mol. The molecule has 1 N–H and O–H groups in total. The van der Waals surface area contributed by atoms with E-state index in [9.17, 15) is 0 Å². The molecule has 0 saturated carbocycles. The van der Waals surface area contributed by atoms with E-state index in [1.165, 1.54) is 5.56 Å². The van der Waals surface area contributed by atoms with Gasteiger partial charge in [0.2, 0.25) is 0 Å². The van der Waals surface area contributed by atoms with Crippen LogP contribution >= 0.6 is 34.2 Å². The summed E-state index contributed by atoms with van der Waals surface area (Å²) in [6.07, 6.45) is 2.08. The molecule has 5 heteroatoms. The van der Waals surface area contributed by atoms with Gasteiger partial charge in [-0.05, 0) is 40.8 Å². The molecule has 0 spiro atoms. The first kappa shape index (κ1) is 15.6. The highest BCUT2D eigenvalue weighted by Crippen LogP contribution is 2.26. The molecule has 0 radical (unpaired) electrons. The van der Waals surface area contributed by atoms with Crippen LogP contribution in [-0.2, 0) is 19.0 Å². The number of hydrogen-bond donors (Lipinski definition) is 1. The second kappa shape index (κ2) is 5.93. The summed E-state index contributed by atoms with van der Waals surface area (Å²) in [6.45, 7) is 7.32. The van der Waals surface area contributed by atoms with Gasteiger partial charge in [0.1, 0.15) is 0 Å². The van der Waals surface area contributed by atoms with Gasteiger partial charge in [-0.2, -0.15) is 5.10 Å². The van der Waals surface area contributed by atoms with Gasteiger partial charge in [-0.3, -0.25) is 4.68 Å². The third kappa shape index (κ3) is 3.67. The van der Waals surface area contributed by atoms with E-state index in [4.69, 9.17) is 11.6 Å². The SMILES string of the molecule is Cn1cc(CNc2ccc(Cl)cc2I)c(C(C)(C)C)n1. The Labute approximate surface area is 138 Å². The fourth-order valence-corrected chi connectivity index (χ4v) is 3.18. The fourth-order valence-electron chi connectivity index (χ4n) is 2.12. The topological polar surface area (TPSA) is 29.9 Å². The van der Waals surface area contributed by atoms with Gasteiger partial charge in [-0.1, -0.05) is 32.4 Å². The number of benzene rings is 1. The first-order valence-electron chi connectivity index (χ1n) is 6.49. The number of nitrogens with one attached hydrogen (secondary N) is 1. The quantitative estimate of drug-likeness (QED) is 0.760. The summed E-state index contributed by atoms with van der Waals surface area (Å²) in [5, 5.41) is 8.81. The molecule has 1 aromatic carbocycles. The van der Waals surface area contributed by atoms with Gasteiger partial charge in [-0.15, -0.1) is 0 Å². The Balaban J connectivity index is 2.19. The average molecular weight is 404 g/mol. The summed E-state index contributed by atoms with van der Waals surface area (Å²) < 4.78 is 3.00. The van der Waals surface area contributed by atoms with Crippen molar-refractivity contribution in [3.63, 3.8) is 0 Å². The molecule has 1 heterocycles. The maximum Gasteiger partial charge on any atom is 0.0727 e. The minimum atomic E-state index is 0.0470. The molecular formula is C15H19ClIN3. The Morgan fingerprint density at radius 1 is 1.35 bits per heavy atom. The maximum absolute atomic E-state index is 5.98. The van der Waals surface area contributed by atoms with Crippen LogP contribution in [0.5, 0.6) is 0 Å². The third-order valence-electron chi connectivity index (χ3n) is 3.02. The van der Waals surface area contributed by atoms with Crippen LogP contribution in [0.1, 0.15) is 32.0 Å². The third-order valence-corrected chi connectivity index (χ3v) is 4.14. The Morgan fingerprint density at radius 3 is 2.65 bits per heavy atom. The highest BCUT2D eigenvalue weighted by atomic mass is 127. The molecule has 108 valence electrons. The van der Waals surface area contributed by atoms with E-state index in [-0.39, 0.29) is 5.41 Å². The van der Waals surface area contributed by atoms with E-state index in [1.54, 1.807) is 0 Å². The number of aryl methyl sites for hydroxylation is 1.